The normalized spacial score (nSPS) is 14.8. The summed E-state index contributed by atoms with van der Waals surface area (Å²) in [5.41, 5.74) is 4.46. The molecule has 3 heterocycles. The molecule has 0 saturated carbocycles. The zero-order chi connectivity index (χ0) is 17.4. The highest BCUT2D eigenvalue weighted by Crippen LogP contribution is 2.31. The maximum atomic E-state index is 13.8. The second-order valence-electron chi connectivity index (χ2n) is 6.62. The van der Waals surface area contributed by atoms with Gasteiger partial charge in [0.05, 0.1) is 6.20 Å². The number of fused-ring (bicyclic) bond motifs is 3. The van der Waals surface area contributed by atoms with Crippen LogP contribution in [0.4, 0.5) is 8.78 Å². The summed E-state index contributed by atoms with van der Waals surface area (Å²) in [6.45, 7) is 5.77. The molecule has 1 aromatic carbocycles. The van der Waals surface area contributed by atoms with Crippen LogP contribution in [0.15, 0.2) is 36.7 Å². The van der Waals surface area contributed by atoms with Crippen molar-refractivity contribution < 1.29 is 8.78 Å². The first-order valence-corrected chi connectivity index (χ1v) is 8.77. The molecule has 0 radical (unpaired) electrons. The molecule has 2 aromatic heterocycles. The molecule has 130 valence electrons. The van der Waals surface area contributed by atoms with Gasteiger partial charge in [0.1, 0.15) is 11.6 Å². The van der Waals surface area contributed by atoms with Gasteiger partial charge in [-0.05, 0) is 48.4 Å². The van der Waals surface area contributed by atoms with Crippen LogP contribution in [0, 0.1) is 11.6 Å². The second-order valence-corrected chi connectivity index (χ2v) is 6.62. The van der Waals surface area contributed by atoms with Gasteiger partial charge in [0.25, 0.3) is 0 Å². The molecular formula is C20H21F2N3. The summed E-state index contributed by atoms with van der Waals surface area (Å²) in [6, 6.07) is 6.56. The van der Waals surface area contributed by atoms with Crippen LogP contribution in [0.3, 0.4) is 0 Å². The number of pyridine rings is 1. The quantitative estimate of drug-likeness (QED) is 0.717. The number of likely N-dealkylation sites (N-methyl/N-ethyl adjacent to an activating group) is 1. The average Bonchev–Trinajstić information content (AvgIpc) is 2.92. The van der Waals surface area contributed by atoms with Crippen LogP contribution < -0.4 is 0 Å². The van der Waals surface area contributed by atoms with E-state index in [9.17, 15) is 8.78 Å². The molecule has 0 N–H and O–H groups in total. The van der Waals surface area contributed by atoms with E-state index in [1.54, 1.807) is 12.3 Å². The molecule has 0 spiro atoms. The van der Waals surface area contributed by atoms with E-state index in [1.807, 2.05) is 6.07 Å². The van der Waals surface area contributed by atoms with Gasteiger partial charge in [0.2, 0.25) is 0 Å². The number of rotatable bonds is 4. The molecule has 0 fully saturated rings. The predicted octanol–water partition coefficient (Wildman–Crippen LogP) is 3.94. The Morgan fingerprint density at radius 3 is 2.80 bits per heavy atom. The third kappa shape index (κ3) is 3.04. The van der Waals surface area contributed by atoms with Gasteiger partial charge in [-0.1, -0.05) is 6.92 Å². The Morgan fingerprint density at radius 1 is 1.12 bits per heavy atom. The topological polar surface area (TPSA) is 21.1 Å². The van der Waals surface area contributed by atoms with Gasteiger partial charge in [-0.25, -0.2) is 8.78 Å². The minimum Gasteiger partial charge on any atom is -0.344 e. The van der Waals surface area contributed by atoms with Crippen LogP contribution in [0.1, 0.15) is 23.7 Å². The van der Waals surface area contributed by atoms with Crippen molar-refractivity contribution in [3.63, 3.8) is 0 Å². The molecule has 4 rings (SSSR count). The molecular weight excluding hydrogens is 320 g/mol. The number of nitrogens with zero attached hydrogens (tertiary/aromatic N) is 3. The molecule has 0 unspecified atom stereocenters. The Labute approximate surface area is 145 Å². The highest BCUT2D eigenvalue weighted by molar-refractivity contribution is 5.86. The first-order valence-electron chi connectivity index (χ1n) is 8.77. The summed E-state index contributed by atoms with van der Waals surface area (Å²) in [5, 5.41) is 1.01. The summed E-state index contributed by atoms with van der Waals surface area (Å²) in [5.74, 6) is -0.507. The van der Waals surface area contributed by atoms with Gasteiger partial charge < -0.3 is 4.57 Å². The van der Waals surface area contributed by atoms with E-state index in [2.05, 4.69) is 21.4 Å². The minimum atomic E-state index is -0.308. The van der Waals surface area contributed by atoms with Gasteiger partial charge in [-0.3, -0.25) is 9.88 Å². The Hall–Kier alpha value is -2.27. The van der Waals surface area contributed by atoms with Crippen LogP contribution in [-0.4, -0.2) is 27.5 Å². The third-order valence-corrected chi connectivity index (χ3v) is 5.13. The highest BCUT2D eigenvalue weighted by atomic mass is 19.1. The molecule has 0 amide bonds. The number of benzene rings is 1. The van der Waals surface area contributed by atoms with Crippen molar-refractivity contribution in [1.82, 2.24) is 14.5 Å². The number of halogens is 2. The molecule has 3 aromatic rings. The SMILES string of the molecule is CCN1CCc2c(c3cc(F)ccc3n2CCc2cncc(F)c2)C1. The molecule has 25 heavy (non-hydrogen) atoms. The van der Waals surface area contributed by atoms with E-state index in [4.69, 9.17) is 0 Å². The predicted molar refractivity (Wildman–Crippen MR) is 94.5 cm³/mol. The zero-order valence-corrected chi connectivity index (χ0v) is 14.3. The first-order chi connectivity index (χ1) is 12.2. The molecule has 3 nitrogen and oxygen atoms in total. The van der Waals surface area contributed by atoms with Gasteiger partial charge in [0, 0.05) is 48.8 Å². The van der Waals surface area contributed by atoms with E-state index in [-0.39, 0.29) is 11.6 Å². The smallest absolute Gasteiger partial charge is 0.141 e. The van der Waals surface area contributed by atoms with Gasteiger partial charge in [-0.15, -0.1) is 0 Å². The minimum absolute atomic E-state index is 0.199. The summed E-state index contributed by atoms with van der Waals surface area (Å²) in [4.78, 5) is 6.31. The van der Waals surface area contributed by atoms with Crippen molar-refractivity contribution >= 4 is 10.9 Å². The monoisotopic (exact) mass is 341 g/mol. The fraction of sp³-hybridized carbons (Fsp3) is 0.350. The number of hydrogen-bond acceptors (Lipinski definition) is 2. The standard InChI is InChI=1S/C20H21F2N3/c1-2-24-7-6-20-18(13-24)17-10-15(21)3-4-19(17)25(20)8-5-14-9-16(22)12-23-11-14/h3-4,9-12H,2,5-8,13H2,1H3. The highest BCUT2D eigenvalue weighted by Gasteiger charge is 2.23. The van der Waals surface area contributed by atoms with Crippen LogP contribution in [0.2, 0.25) is 0 Å². The van der Waals surface area contributed by atoms with Gasteiger partial charge in [-0.2, -0.15) is 0 Å². The van der Waals surface area contributed by atoms with Crippen LogP contribution in [0.25, 0.3) is 10.9 Å². The number of aromatic nitrogens is 2. The number of aryl methyl sites for hydroxylation is 2. The van der Waals surface area contributed by atoms with Crippen LogP contribution >= 0.6 is 0 Å². The van der Waals surface area contributed by atoms with Crippen molar-refractivity contribution in [3.05, 3.63) is 65.1 Å². The Kier molecular flexibility index (Phi) is 4.25. The summed E-state index contributed by atoms with van der Waals surface area (Å²) < 4.78 is 29.5. The lowest BCUT2D eigenvalue weighted by Gasteiger charge is -2.27. The van der Waals surface area contributed by atoms with Crippen molar-refractivity contribution in [3.8, 4) is 0 Å². The molecule has 0 aliphatic carbocycles. The van der Waals surface area contributed by atoms with Gasteiger partial charge in [0.15, 0.2) is 0 Å². The van der Waals surface area contributed by atoms with Crippen LogP contribution in [0.5, 0.6) is 0 Å². The first kappa shape index (κ1) is 16.2. The lowest BCUT2D eigenvalue weighted by Crippen LogP contribution is -2.30. The summed E-state index contributed by atoms with van der Waals surface area (Å²) in [7, 11) is 0. The lowest BCUT2D eigenvalue weighted by molar-refractivity contribution is 0.265. The molecule has 0 bridgehead atoms. The second kappa shape index (κ2) is 6.56. The Morgan fingerprint density at radius 2 is 2.00 bits per heavy atom. The van der Waals surface area contributed by atoms with Crippen molar-refractivity contribution in [1.29, 1.82) is 0 Å². The Bertz CT molecular complexity index is 917. The molecule has 5 heteroatoms. The van der Waals surface area contributed by atoms with Crippen molar-refractivity contribution in [2.24, 2.45) is 0 Å². The zero-order valence-electron chi connectivity index (χ0n) is 14.3. The maximum Gasteiger partial charge on any atom is 0.141 e. The molecule has 1 aliphatic rings. The summed E-state index contributed by atoms with van der Waals surface area (Å²) in [6.07, 6.45) is 4.59. The largest absolute Gasteiger partial charge is 0.344 e. The van der Waals surface area contributed by atoms with E-state index in [0.29, 0.717) is 6.42 Å². The average molecular weight is 341 g/mol. The van der Waals surface area contributed by atoms with E-state index in [1.165, 1.54) is 29.6 Å². The summed E-state index contributed by atoms with van der Waals surface area (Å²) >= 11 is 0. The van der Waals surface area contributed by atoms with E-state index < -0.39 is 0 Å². The van der Waals surface area contributed by atoms with Crippen LogP contribution in [-0.2, 0) is 25.9 Å². The molecule has 0 atom stereocenters. The Balaban J connectivity index is 1.73. The molecule has 0 saturated heterocycles. The van der Waals surface area contributed by atoms with E-state index >= 15 is 0 Å². The third-order valence-electron chi connectivity index (χ3n) is 5.13. The fourth-order valence-electron chi connectivity index (χ4n) is 3.84. The fourth-order valence-corrected chi connectivity index (χ4v) is 3.84. The molecule has 1 aliphatic heterocycles. The van der Waals surface area contributed by atoms with Crippen molar-refractivity contribution in [2.75, 3.05) is 13.1 Å². The van der Waals surface area contributed by atoms with E-state index in [0.717, 1.165) is 49.1 Å². The van der Waals surface area contributed by atoms with Crippen molar-refractivity contribution in [2.45, 2.75) is 32.9 Å². The number of hydrogen-bond donors (Lipinski definition) is 0. The lowest BCUT2D eigenvalue weighted by atomic mass is 10.0. The van der Waals surface area contributed by atoms with Gasteiger partial charge >= 0.3 is 0 Å². The maximum absolute atomic E-state index is 13.8.